The Labute approximate surface area is 129 Å². The summed E-state index contributed by atoms with van der Waals surface area (Å²) in [5.41, 5.74) is 0. The third kappa shape index (κ3) is 3.83. The number of methoxy groups -OCH3 is 1. The summed E-state index contributed by atoms with van der Waals surface area (Å²) in [6.45, 7) is 1.25. The molecule has 0 saturated carbocycles. The molecule has 2 rings (SSSR count). The van der Waals surface area contributed by atoms with Gasteiger partial charge in [-0.3, -0.25) is 9.59 Å². The van der Waals surface area contributed by atoms with Crippen molar-refractivity contribution in [2.24, 2.45) is 5.92 Å². The highest BCUT2D eigenvalue weighted by Crippen LogP contribution is 2.37. The Morgan fingerprint density at radius 2 is 2.38 bits per heavy atom. The molecule has 1 N–H and O–H groups in total. The van der Waals surface area contributed by atoms with Crippen LogP contribution in [0.3, 0.4) is 0 Å². The van der Waals surface area contributed by atoms with Gasteiger partial charge in [0.15, 0.2) is 0 Å². The maximum atomic E-state index is 12.4. The summed E-state index contributed by atoms with van der Waals surface area (Å²) in [5, 5.41) is 4.94. The summed E-state index contributed by atoms with van der Waals surface area (Å²) >= 11 is 1.59. The van der Waals surface area contributed by atoms with Crippen LogP contribution >= 0.6 is 11.3 Å². The Hall–Kier alpha value is -1.40. The Balaban J connectivity index is 2.05. The summed E-state index contributed by atoms with van der Waals surface area (Å²) in [4.78, 5) is 27.2. The zero-order chi connectivity index (χ0) is 15.2. The normalized spacial score (nSPS) is 22.4. The van der Waals surface area contributed by atoms with Crippen LogP contribution in [-0.2, 0) is 14.3 Å². The molecule has 2 atom stereocenters. The molecule has 0 unspecified atom stereocenters. The molecular weight excluding hydrogens is 288 g/mol. The van der Waals surface area contributed by atoms with Crippen LogP contribution < -0.4 is 5.32 Å². The van der Waals surface area contributed by atoms with Crippen LogP contribution in [-0.4, -0.2) is 44.0 Å². The van der Waals surface area contributed by atoms with Gasteiger partial charge in [0.25, 0.3) is 0 Å². The Kier molecular flexibility index (Phi) is 5.76. The van der Waals surface area contributed by atoms with Crippen LogP contribution in [0, 0.1) is 5.92 Å². The van der Waals surface area contributed by atoms with Crippen molar-refractivity contribution >= 4 is 23.2 Å². The summed E-state index contributed by atoms with van der Waals surface area (Å²) < 4.78 is 4.98. The van der Waals surface area contributed by atoms with E-state index in [2.05, 4.69) is 5.32 Å². The minimum atomic E-state index is -0.172. The van der Waals surface area contributed by atoms with Gasteiger partial charge in [-0.2, -0.15) is 0 Å². The van der Waals surface area contributed by atoms with E-state index in [9.17, 15) is 9.59 Å². The third-order valence-electron chi connectivity index (χ3n) is 3.86. The van der Waals surface area contributed by atoms with Gasteiger partial charge in [-0.1, -0.05) is 6.07 Å². The van der Waals surface area contributed by atoms with Crippen molar-refractivity contribution in [2.45, 2.75) is 25.3 Å². The first-order valence-corrected chi connectivity index (χ1v) is 8.09. The van der Waals surface area contributed by atoms with Gasteiger partial charge in [0.2, 0.25) is 11.8 Å². The SMILES string of the molecule is COCCCNC(=O)[C@H]1CCC(=O)N(C)[C@@H]1c1cccs1. The van der Waals surface area contributed by atoms with E-state index in [4.69, 9.17) is 4.74 Å². The lowest BCUT2D eigenvalue weighted by molar-refractivity contribution is -0.141. The first-order chi connectivity index (χ1) is 10.1. The predicted octanol–water partition coefficient (Wildman–Crippen LogP) is 1.81. The smallest absolute Gasteiger partial charge is 0.225 e. The van der Waals surface area contributed by atoms with E-state index in [0.29, 0.717) is 26.0 Å². The van der Waals surface area contributed by atoms with Crippen molar-refractivity contribution in [3.05, 3.63) is 22.4 Å². The van der Waals surface area contributed by atoms with Crippen LogP contribution in [0.5, 0.6) is 0 Å². The quantitative estimate of drug-likeness (QED) is 0.815. The Morgan fingerprint density at radius 3 is 3.05 bits per heavy atom. The average molecular weight is 310 g/mol. The van der Waals surface area contributed by atoms with Crippen molar-refractivity contribution in [3.8, 4) is 0 Å². The summed E-state index contributed by atoms with van der Waals surface area (Å²) in [6.07, 6.45) is 1.85. The number of hydrogen-bond donors (Lipinski definition) is 1. The minimum Gasteiger partial charge on any atom is -0.385 e. The van der Waals surface area contributed by atoms with Crippen LogP contribution in [0.25, 0.3) is 0 Å². The van der Waals surface area contributed by atoms with E-state index in [1.54, 1.807) is 30.4 Å². The topological polar surface area (TPSA) is 58.6 Å². The summed E-state index contributed by atoms with van der Waals surface area (Å²) in [6, 6.07) is 3.81. The summed E-state index contributed by atoms with van der Waals surface area (Å²) in [5.74, 6) is -0.0328. The van der Waals surface area contributed by atoms with E-state index in [1.165, 1.54) is 0 Å². The van der Waals surface area contributed by atoms with E-state index in [1.807, 2.05) is 17.5 Å². The molecular formula is C15H22N2O3S. The van der Waals surface area contributed by atoms with E-state index in [-0.39, 0.29) is 23.8 Å². The first-order valence-electron chi connectivity index (χ1n) is 7.21. The second kappa shape index (κ2) is 7.56. The minimum absolute atomic E-state index is 0.0313. The number of carbonyl (C=O) groups is 2. The van der Waals surface area contributed by atoms with Crippen LogP contribution in [0.1, 0.15) is 30.2 Å². The molecule has 1 saturated heterocycles. The molecule has 5 nitrogen and oxygen atoms in total. The van der Waals surface area contributed by atoms with Crippen molar-refractivity contribution in [3.63, 3.8) is 0 Å². The van der Waals surface area contributed by atoms with Gasteiger partial charge in [-0.15, -0.1) is 11.3 Å². The molecule has 0 aliphatic carbocycles. The fourth-order valence-electron chi connectivity index (χ4n) is 2.72. The van der Waals surface area contributed by atoms with Crippen molar-refractivity contribution < 1.29 is 14.3 Å². The van der Waals surface area contributed by atoms with Gasteiger partial charge < -0.3 is 15.0 Å². The zero-order valence-electron chi connectivity index (χ0n) is 12.5. The molecule has 2 heterocycles. The number of thiophene rings is 1. The largest absolute Gasteiger partial charge is 0.385 e. The monoisotopic (exact) mass is 310 g/mol. The molecule has 1 aromatic rings. The maximum absolute atomic E-state index is 12.4. The Bertz CT molecular complexity index is 475. The molecule has 116 valence electrons. The predicted molar refractivity (Wildman–Crippen MR) is 82.1 cm³/mol. The molecule has 1 aliphatic rings. The molecule has 6 heteroatoms. The second-order valence-electron chi connectivity index (χ2n) is 5.25. The highest BCUT2D eigenvalue weighted by atomic mass is 32.1. The van der Waals surface area contributed by atoms with Gasteiger partial charge in [0.1, 0.15) is 0 Å². The maximum Gasteiger partial charge on any atom is 0.225 e. The number of ether oxygens (including phenoxy) is 1. The average Bonchev–Trinajstić information content (AvgIpc) is 3.00. The van der Waals surface area contributed by atoms with Gasteiger partial charge in [0.05, 0.1) is 12.0 Å². The third-order valence-corrected chi connectivity index (χ3v) is 4.80. The lowest BCUT2D eigenvalue weighted by Crippen LogP contribution is -2.46. The van der Waals surface area contributed by atoms with Crippen molar-refractivity contribution in [2.75, 3.05) is 27.3 Å². The lowest BCUT2D eigenvalue weighted by Gasteiger charge is -2.37. The molecule has 2 amide bonds. The van der Waals surface area contributed by atoms with Crippen LogP contribution in [0.2, 0.25) is 0 Å². The van der Waals surface area contributed by atoms with Crippen LogP contribution in [0.15, 0.2) is 17.5 Å². The number of nitrogens with zero attached hydrogens (tertiary/aromatic N) is 1. The molecule has 1 fully saturated rings. The molecule has 1 aromatic heterocycles. The first kappa shape index (κ1) is 16.0. The zero-order valence-corrected chi connectivity index (χ0v) is 13.3. The van der Waals surface area contributed by atoms with Crippen LogP contribution in [0.4, 0.5) is 0 Å². The van der Waals surface area contributed by atoms with Crippen molar-refractivity contribution in [1.82, 2.24) is 10.2 Å². The van der Waals surface area contributed by atoms with Gasteiger partial charge in [-0.05, 0) is 24.3 Å². The fraction of sp³-hybridized carbons (Fsp3) is 0.600. The number of piperidine rings is 1. The highest BCUT2D eigenvalue weighted by Gasteiger charge is 2.39. The lowest BCUT2D eigenvalue weighted by atomic mass is 9.87. The molecule has 0 radical (unpaired) electrons. The van der Waals surface area contributed by atoms with Gasteiger partial charge in [-0.25, -0.2) is 0 Å². The van der Waals surface area contributed by atoms with E-state index in [0.717, 1.165) is 11.3 Å². The van der Waals surface area contributed by atoms with Gasteiger partial charge >= 0.3 is 0 Å². The fourth-order valence-corrected chi connectivity index (χ4v) is 3.65. The van der Waals surface area contributed by atoms with E-state index < -0.39 is 0 Å². The number of hydrogen-bond acceptors (Lipinski definition) is 4. The number of carbonyl (C=O) groups excluding carboxylic acids is 2. The number of likely N-dealkylation sites (tertiary alicyclic amines) is 1. The standard InChI is InChI=1S/C15H22N2O3S/c1-17-13(18)7-6-11(14(17)12-5-3-10-21-12)15(19)16-8-4-9-20-2/h3,5,10-11,14H,4,6-9H2,1-2H3,(H,16,19)/t11-,14-/m0/s1. The number of amides is 2. The number of rotatable bonds is 6. The highest BCUT2D eigenvalue weighted by molar-refractivity contribution is 7.10. The summed E-state index contributed by atoms with van der Waals surface area (Å²) in [7, 11) is 3.44. The molecule has 0 aromatic carbocycles. The Morgan fingerprint density at radius 1 is 1.57 bits per heavy atom. The molecule has 21 heavy (non-hydrogen) atoms. The molecule has 0 bridgehead atoms. The molecule has 0 spiro atoms. The van der Waals surface area contributed by atoms with E-state index >= 15 is 0 Å². The van der Waals surface area contributed by atoms with Gasteiger partial charge in [0, 0.05) is 38.6 Å². The second-order valence-corrected chi connectivity index (χ2v) is 6.23. The molecule has 1 aliphatic heterocycles. The number of nitrogens with one attached hydrogen (secondary N) is 1. The van der Waals surface area contributed by atoms with Crippen molar-refractivity contribution in [1.29, 1.82) is 0 Å².